The van der Waals surface area contributed by atoms with Gasteiger partial charge in [0.05, 0.1) is 38.9 Å². The first kappa shape index (κ1) is 21.8. The van der Waals surface area contributed by atoms with Crippen molar-refractivity contribution in [3.05, 3.63) is 120 Å². The maximum Gasteiger partial charge on any atom is 0.266 e. The summed E-state index contributed by atoms with van der Waals surface area (Å²) in [5, 5.41) is 5.01. The second-order valence-electron chi connectivity index (χ2n) is 9.07. The lowest BCUT2D eigenvalue weighted by Crippen LogP contribution is -2.29. The van der Waals surface area contributed by atoms with E-state index in [1.54, 1.807) is 60.7 Å². The Bertz CT molecular complexity index is 1930. The quantitative estimate of drug-likeness (QED) is 0.185. The van der Waals surface area contributed by atoms with Gasteiger partial charge in [0.1, 0.15) is 0 Å². The molecule has 7 rings (SSSR count). The van der Waals surface area contributed by atoms with Gasteiger partial charge < -0.3 is 5.32 Å². The summed E-state index contributed by atoms with van der Waals surface area (Å²) in [5.74, 6) is -1.07. The molecule has 0 saturated carbocycles. The summed E-state index contributed by atoms with van der Waals surface area (Å²) in [6.07, 6.45) is 0. The fourth-order valence-corrected chi connectivity index (χ4v) is 4.88. The molecule has 1 N–H and O–H groups in total. The molecule has 0 bridgehead atoms. The van der Waals surface area contributed by atoms with E-state index in [4.69, 9.17) is 9.97 Å². The van der Waals surface area contributed by atoms with E-state index in [-0.39, 0.29) is 17.7 Å². The number of imide groups is 1. The van der Waals surface area contributed by atoms with Crippen molar-refractivity contribution in [3.63, 3.8) is 0 Å². The van der Waals surface area contributed by atoms with Crippen molar-refractivity contribution in [1.29, 1.82) is 0 Å². The molecule has 0 radical (unpaired) electrons. The molecule has 180 valence electrons. The van der Waals surface area contributed by atoms with Crippen molar-refractivity contribution >= 4 is 61.9 Å². The minimum atomic E-state index is -0.375. The van der Waals surface area contributed by atoms with Crippen LogP contribution < -0.4 is 10.2 Å². The van der Waals surface area contributed by atoms with Crippen LogP contribution in [0.5, 0.6) is 0 Å². The molecule has 0 unspecified atom stereocenters. The van der Waals surface area contributed by atoms with Gasteiger partial charge >= 0.3 is 0 Å². The number of nitrogens with zero attached hydrogens (tertiary/aromatic N) is 3. The SMILES string of the molecule is O=C(Nc1ccc2nc3ccc4ccccc4c3nc2c1)c1ccc(N2C(=O)c3ccccc3C2=O)cc1. The highest BCUT2D eigenvalue weighted by Crippen LogP contribution is 2.29. The highest BCUT2D eigenvalue weighted by Gasteiger charge is 2.36. The van der Waals surface area contributed by atoms with E-state index in [0.717, 1.165) is 32.2 Å². The topological polar surface area (TPSA) is 92.3 Å². The summed E-state index contributed by atoms with van der Waals surface area (Å²) < 4.78 is 0. The average Bonchev–Trinajstić information content (AvgIpc) is 3.21. The van der Waals surface area contributed by atoms with Crippen LogP contribution in [0.15, 0.2) is 103 Å². The number of carbonyl (C=O) groups is 3. The summed E-state index contributed by atoms with van der Waals surface area (Å²) in [7, 11) is 0. The van der Waals surface area contributed by atoms with Gasteiger partial charge in [-0.05, 0) is 66.0 Å². The Balaban J connectivity index is 1.16. The molecule has 5 aromatic carbocycles. The van der Waals surface area contributed by atoms with Crippen LogP contribution in [0.4, 0.5) is 11.4 Å². The van der Waals surface area contributed by atoms with Crippen LogP contribution in [0, 0.1) is 0 Å². The largest absolute Gasteiger partial charge is 0.322 e. The van der Waals surface area contributed by atoms with E-state index in [0.29, 0.717) is 33.6 Å². The molecule has 1 aromatic heterocycles. The average molecular weight is 495 g/mol. The Kier molecular flexibility index (Phi) is 4.77. The molecule has 0 spiro atoms. The van der Waals surface area contributed by atoms with E-state index in [1.165, 1.54) is 0 Å². The predicted molar refractivity (Wildman–Crippen MR) is 147 cm³/mol. The van der Waals surface area contributed by atoms with E-state index >= 15 is 0 Å². The molecular formula is C31H18N4O3. The van der Waals surface area contributed by atoms with Gasteiger partial charge in [0, 0.05) is 16.6 Å². The third-order valence-electron chi connectivity index (χ3n) is 6.77. The Morgan fingerprint density at radius 1 is 0.658 bits per heavy atom. The molecule has 3 amide bonds. The van der Waals surface area contributed by atoms with Crippen LogP contribution in [0.2, 0.25) is 0 Å². The monoisotopic (exact) mass is 494 g/mol. The molecule has 1 aliphatic rings. The van der Waals surface area contributed by atoms with Gasteiger partial charge in [-0.1, -0.05) is 42.5 Å². The van der Waals surface area contributed by atoms with Crippen LogP contribution in [0.1, 0.15) is 31.1 Å². The van der Waals surface area contributed by atoms with Crippen molar-refractivity contribution in [2.24, 2.45) is 0 Å². The number of aromatic nitrogens is 2. The molecular weight excluding hydrogens is 476 g/mol. The summed E-state index contributed by atoms with van der Waals surface area (Å²) in [6, 6.07) is 30.5. The first-order valence-corrected chi connectivity index (χ1v) is 12.1. The number of hydrogen-bond donors (Lipinski definition) is 1. The fraction of sp³-hybridized carbons (Fsp3) is 0. The fourth-order valence-electron chi connectivity index (χ4n) is 4.88. The Morgan fingerprint density at radius 2 is 1.34 bits per heavy atom. The van der Waals surface area contributed by atoms with Crippen LogP contribution in [0.3, 0.4) is 0 Å². The zero-order valence-corrected chi connectivity index (χ0v) is 19.9. The van der Waals surface area contributed by atoms with Gasteiger partial charge in [-0.25, -0.2) is 14.9 Å². The summed E-state index contributed by atoms with van der Waals surface area (Å²) in [4.78, 5) is 49.2. The standard InChI is InChI=1S/C31H18N4O3/c36-29(19-9-13-21(14-10-19)35-30(37)23-7-3-4-8-24(23)31(35)38)32-20-12-16-25-27(17-20)34-28-22-6-2-1-5-18(22)11-15-26(28)33-25/h1-17H,(H,32,36). The lowest BCUT2D eigenvalue weighted by atomic mass is 10.1. The number of anilines is 2. The lowest BCUT2D eigenvalue weighted by molar-refractivity contribution is 0.0925. The Labute approximate surface area is 216 Å². The Morgan fingerprint density at radius 3 is 2.11 bits per heavy atom. The highest BCUT2D eigenvalue weighted by atomic mass is 16.2. The second-order valence-corrected chi connectivity index (χ2v) is 9.07. The first-order valence-electron chi connectivity index (χ1n) is 12.1. The number of benzene rings is 5. The number of nitrogens with one attached hydrogen (secondary N) is 1. The molecule has 2 heterocycles. The maximum atomic E-state index is 13.0. The van der Waals surface area contributed by atoms with Gasteiger partial charge in [-0.2, -0.15) is 0 Å². The minimum absolute atomic E-state index is 0.322. The molecule has 0 fully saturated rings. The van der Waals surface area contributed by atoms with Crippen molar-refractivity contribution in [1.82, 2.24) is 9.97 Å². The van der Waals surface area contributed by atoms with Gasteiger partial charge in [0.2, 0.25) is 0 Å². The highest BCUT2D eigenvalue weighted by molar-refractivity contribution is 6.34. The molecule has 0 saturated heterocycles. The van der Waals surface area contributed by atoms with Gasteiger partial charge in [-0.3, -0.25) is 14.4 Å². The van der Waals surface area contributed by atoms with E-state index < -0.39 is 0 Å². The Hall–Kier alpha value is -5.43. The molecule has 0 aliphatic carbocycles. The van der Waals surface area contributed by atoms with Gasteiger partial charge in [0.15, 0.2) is 0 Å². The number of hydrogen-bond acceptors (Lipinski definition) is 5. The second kappa shape index (κ2) is 8.31. The normalized spacial score (nSPS) is 12.9. The van der Waals surface area contributed by atoms with Gasteiger partial charge in [-0.15, -0.1) is 0 Å². The summed E-state index contributed by atoms with van der Waals surface area (Å²) in [6.45, 7) is 0. The van der Waals surface area contributed by atoms with Crippen molar-refractivity contribution < 1.29 is 14.4 Å². The molecule has 1 aliphatic heterocycles. The number of amides is 3. The van der Waals surface area contributed by atoms with E-state index in [2.05, 4.69) is 5.32 Å². The van der Waals surface area contributed by atoms with Crippen molar-refractivity contribution in [2.45, 2.75) is 0 Å². The van der Waals surface area contributed by atoms with Gasteiger partial charge in [0.25, 0.3) is 17.7 Å². The molecule has 6 aromatic rings. The molecule has 38 heavy (non-hydrogen) atoms. The van der Waals surface area contributed by atoms with E-state index in [1.807, 2.05) is 42.5 Å². The van der Waals surface area contributed by atoms with Crippen LogP contribution in [-0.4, -0.2) is 27.7 Å². The molecule has 7 nitrogen and oxygen atoms in total. The third-order valence-corrected chi connectivity index (χ3v) is 6.77. The minimum Gasteiger partial charge on any atom is -0.322 e. The predicted octanol–water partition coefficient (Wildman–Crippen LogP) is 5.99. The molecule has 0 atom stereocenters. The van der Waals surface area contributed by atoms with Crippen molar-refractivity contribution in [3.8, 4) is 0 Å². The maximum absolute atomic E-state index is 13.0. The smallest absolute Gasteiger partial charge is 0.266 e. The van der Waals surface area contributed by atoms with Crippen LogP contribution in [0.25, 0.3) is 32.8 Å². The number of rotatable bonds is 3. The van der Waals surface area contributed by atoms with Crippen molar-refractivity contribution in [2.75, 3.05) is 10.2 Å². The van der Waals surface area contributed by atoms with Crippen LogP contribution >= 0.6 is 0 Å². The number of carbonyl (C=O) groups excluding carboxylic acids is 3. The third kappa shape index (κ3) is 3.41. The molecule has 7 heteroatoms. The zero-order valence-electron chi connectivity index (χ0n) is 19.9. The lowest BCUT2D eigenvalue weighted by Gasteiger charge is -2.14. The van der Waals surface area contributed by atoms with E-state index in [9.17, 15) is 14.4 Å². The number of fused-ring (bicyclic) bond motifs is 5. The summed E-state index contributed by atoms with van der Waals surface area (Å²) >= 11 is 0. The zero-order chi connectivity index (χ0) is 25.8. The first-order chi connectivity index (χ1) is 18.6. The van der Waals surface area contributed by atoms with Crippen LogP contribution in [-0.2, 0) is 0 Å². The summed E-state index contributed by atoms with van der Waals surface area (Å²) in [5.41, 5.74) is 5.16.